The van der Waals surface area contributed by atoms with Crippen LogP contribution < -0.4 is 0 Å². The summed E-state index contributed by atoms with van der Waals surface area (Å²) in [6, 6.07) is 6.35. The Hall–Kier alpha value is -0.855. The molecule has 1 aromatic rings. The molecule has 0 aliphatic heterocycles. The molecule has 1 rings (SSSR count). The molecule has 0 aliphatic rings. The van der Waals surface area contributed by atoms with E-state index in [-0.39, 0.29) is 5.56 Å². The number of alkyl halides is 2. The maximum atomic E-state index is 11.9. The third-order valence-corrected chi connectivity index (χ3v) is 1.29. The van der Waals surface area contributed by atoms with Crippen LogP contribution in [0.1, 0.15) is 17.6 Å². The molecule has 0 atom stereocenters. The molecular weight excluding hydrogens is 157 g/mol. The van der Waals surface area contributed by atoms with E-state index in [9.17, 15) is 8.78 Å². The molecule has 1 aromatic carbocycles. The summed E-state index contributed by atoms with van der Waals surface area (Å²) in [4.78, 5) is 0. The molecule has 0 saturated heterocycles. The molecule has 0 aliphatic carbocycles. The highest BCUT2D eigenvalue weighted by atomic mass is 19.3. The molecule has 0 nitrogen and oxygen atoms in total. The lowest BCUT2D eigenvalue weighted by molar-refractivity contribution is 0.151. The van der Waals surface area contributed by atoms with Gasteiger partial charge in [0, 0.05) is 5.56 Å². The summed E-state index contributed by atoms with van der Waals surface area (Å²) >= 11 is 0. The van der Waals surface area contributed by atoms with Crippen molar-refractivity contribution in [3.63, 3.8) is 0 Å². The quantitative estimate of drug-likeness (QED) is 0.565. The number of benzene rings is 1. The van der Waals surface area contributed by atoms with Gasteiger partial charge < -0.3 is 0 Å². The number of rotatable bonds is 1. The van der Waals surface area contributed by atoms with E-state index in [4.69, 9.17) is 0 Å². The number of hydrogen-bond donors (Lipinski definition) is 0. The molecule has 0 N–H and O–H groups in total. The van der Waals surface area contributed by atoms with E-state index in [1.807, 2.05) is 0 Å². The minimum atomic E-state index is -2.35. The van der Waals surface area contributed by atoms with Crippen LogP contribution >= 0.6 is 0 Å². The van der Waals surface area contributed by atoms with E-state index in [0.29, 0.717) is 0 Å². The van der Waals surface area contributed by atoms with Crippen LogP contribution in [0.3, 0.4) is 0 Å². The highest BCUT2D eigenvalue weighted by Crippen LogP contribution is 2.18. The minimum Gasteiger partial charge on any atom is -0.205 e. The maximum Gasteiger partial charge on any atom is 0.263 e. The summed E-state index contributed by atoms with van der Waals surface area (Å²) in [6.07, 6.45) is -2.35. The van der Waals surface area contributed by atoms with Crippen LogP contribution in [-0.4, -0.2) is 7.85 Å². The zero-order valence-electron chi connectivity index (χ0n) is 7.22. The molecule has 64 valence electrons. The second-order valence-corrected chi connectivity index (χ2v) is 2.21. The molecule has 12 heavy (non-hydrogen) atoms. The molecule has 0 fully saturated rings. The Morgan fingerprint density at radius 3 is 2.17 bits per heavy atom. The second kappa shape index (κ2) is 5.75. The van der Waals surface area contributed by atoms with Gasteiger partial charge in [-0.05, 0) is 6.92 Å². The Kier molecular flexibility index (Phi) is 5.34. The van der Waals surface area contributed by atoms with Crippen molar-refractivity contribution < 1.29 is 8.78 Å². The molecule has 0 spiro atoms. The lowest BCUT2D eigenvalue weighted by atomic mass is 10.1. The first-order chi connectivity index (χ1) is 5.70. The molecule has 0 amide bonds. The van der Waals surface area contributed by atoms with Gasteiger partial charge in [-0.3, -0.25) is 0 Å². The normalized spacial score (nSPS) is 9.08. The zero-order chi connectivity index (χ0) is 9.56. The fourth-order valence-corrected chi connectivity index (χ4v) is 0.806. The fourth-order valence-electron chi connectivity index (χ4n) is 0.806. The molecule has 3 heteroatoms. The van der Waals surface area contributed by atoms with Gasteiger partial charge in [0.2, 0.25) is 0 Å². The van der Waals surface area contributed by atoms with Crippen LogP contribution in [0.5, 0.6) is 0 Å². The van der Waals surface area contributed by atoms with Crippen molar-refractivity contribution in [2.75, 3.05) is 0 Å². The van der Waals surface area contributed by atoms with Crippen LogP contribution in [0.4, 0.5) is 8.78 Å². The van der Waals surface area contributed by atoms with Crippen molar-refractivity contribution in [2.45, 2.75) is 20.2 Å². The molecular formula is C9H11BF2. The Bertz CT molecular complexity index is 224. The lowest BCUT2D eigenvalue weighted by Gasteiger charge is -1.98. The van der Waals surface area contributed by atoms with Crippen molar-refractivity contribution in [3.8, 4) is 0 Å². The smallest absolute Gasteiger partial charge is 0.205 e. The zero-order valence-corrected chi connectivity index (χ0v) is 7.22. The third kappa shape index (κ3) is 3.51. The molecule has 0 unspecified atom stereocenters. The largest absolute Gasteiger partial charge is 0.263 e. The Labute approximate surface area is 73.0 Å². The predicted molar refractivity (Wildman–Crippen MR) is 47.8 cm³/mol. The third-order valence-electron chi connectivity index (χ3n) is 1.29. The second-order valence-electron chi connectivity index (χ2n) is 2.21. The first-order valence-corrected chi connectivity index (χ1v) is 3.62. The molecule has 0 saturated carbocycles. The van der Waals surface area contributed by atoms with Crippen molar-refractivity contribution >= 4 is 7.85 Å². The van der Waals surface area contributed by atoms with E-state index in [2.05, 4.69) is 7.85 Å². The van der Waals surface area contributed by atoms with Crippen molar-refractivity contribution in [2.24, 2.45) is 0 Å². The Balaban J connectivity index is 0.000000561. The lowest BCUT2D eigenvalue weighted by Crippen LogP contribution is -1.83. The van der Waals surface area contributed by atoms with E-state index >= 15 is 0 Å². The van der Waals surface area contributed by atoms with Gasteiger partial charge in [0.1, 0.15) is 0 Å². The number of aryl methyl sites for hydroxylation is 1. The van der Waals surface area contributed by atoms with E-state index < -0.39 is 6.43 Å². The topological polar surface area (TPSA) is 0 Å². The SMILES string of the molecule is Cc1cccc(C(F)F)c1.[B]C. The number of hydrogen-bond acceptors (Lipinski definition) is 0. The molecule has 0 bridgehead atoms. The average Bonchev–Trinajstić information content (AvgIpc) is 2.08. The van der Waals surface area contributed by atoms with Crippen molar-refractivity contribution in [1.29, 1.82) is 0 Å². The van der Waals surface area contributed by atoms with Crippen LogP contribution in [0.25, 0.3) is 0 Å². The standard InChI is InChI=1S/C8H8F2.CH3B/c1-6-3-2-4-7(5-6)8(9)10;1-2/h2-5,8H,1H3;1H3. The van der Waals surface area contributed by atoms with E-state index in [1.54, 1.807) is 19.1 Å². The Morgan fingerprint density at radius 1 is 1.25 bits per heavy atom. The van der Waals surface area contributed by atoms with Gasteiger partial charge in [-0.1, -0.05) is 36.7 Å². The van der Waals surface area contributed by atoms with Gasteiger partial charge >= 0.3 is 0 Å². The average molecular weight is 168 g/mol. The molecule has 0 heterocycles. The first-order valence-electron chi connectivity index (χ1n) is 3.62. The van der Waals surface area contributed by atoms with Crippen molar-refractivity contribution in [1.82, 2.24) is 0 Å². The summed E-state index contributed by atoms with van der Waals surface area (Å²) in [6.45, 7) is 3.30. The van der Waals surface area contributed by atoms with Gasteiger partial charge in [-0.2, -0.15) is 0 Å². The van der Waals surface area contributed by atoms with E-state index in [1.165, 1.54) is 19.0 Å². The maximum absolute atomic E-state index is 11.9. The monoisotopic (exact) mass is 168 g/mol. The first kappa shape index (κ1) is 11.1. The van der Waals surface area contributed by atoms with Crippen LogP contribution in [0, 0.1) is 6.92 Å². The van der Waals surface area contributed by atoms with Crippen LogP contribution in [0.2, 0.25) is 6.82 Å². The van der Waals surface area contributed by atoms with Gasteiger partial charge in [0.15, 0.2) is 0 Å². The predicted octanol–water partition coefficient (Wildman–Crippen LogP) is 3.14. The van der Waals surface area contributed by atoms with Crippen LogP contribution in [0.15, 0.2) is 24.3 Å². The molecule has 0 aromatic heterocycles. The van der Waals surface area contributed by atoms with Gasteiger partial charge in [-0.25, -0.2) is 8.78 Å². The van der Waals surface area contributed by atoms with Gasteiger partial charge in [-0.15, -0.1) is 0 Å². The summed E-state index contributed by atoms with van der Waals surface area (Å²) in [5.74, 6) is 0. The van der Waals surface area contributed by atoms with E-state index in [0.717, 1.165) is 5.56 Å². The summed E-state index contributed by atoms with van der Waals surface area (Å²) < 4.78 is 23.9. The van der Waals surface area contributed by atoms with Crippen LogP contribution in [-0.2, 0) is 0 Å². The van der Waals surface area contributed by atoms with Gasteiger partial charge in [0.25, 0.3) is 6.43 Å². The minimum absolute atomic E-state index is 0.0972. The summed E-state index contributed by atoms with van der Waals surface area (Å²) in [5.41, 5.74) is 0.970. The summed E-state index contributed by atoms with van der Waals surface area (Å²) in [5, 5.41) is 0. The summed E-state index contributed by atoms with van der Waals surface area (Å²) in [7, 11) is 4.50. The van der Waals surface area contributed by atoms with Gasteiger partial charge in [0.05, 0.1) is 7.85 Å². The highest BCUT2D eigenvalue weighted by molar-refractivity contribution is 6.05. The number of halogens is 2. The molecule has 2 radical (unpaired) electrons. The Morgan fingerprint density at radius 2 is 1.83 bits per heavy atom. The fraction of sp³-hybridized carbons (Fsp3) is 0.333. The highest BCUT2D eigenvalue weighted by Gasteiger charge is 2.04. The van der Waals surface area contributed by atoms with Crippen molar-refractivity contribution in [3.05, 3.63) is 35.4 Å².